The minimum Gasteiger partial charge on any atom is -0.409 e. The molecule has 3 atom stereocenters. The van der Waals surface area contributed by atoms with Gasteiger partial charge in [-0.2, -0.15) is 0 Å². The lowest BCUT2D eigenvalue weighted by molar-refractivity contribution is -0.137. The summed E-state index contributed by atoms with van der Waals surface area (Å²) in [5, 5.41) is 11.8. The maximum Gasteiger partial charge on any atom is 0.225 e. The van der Waals surface area contributed by atoms with Crippen LogP contribution >= 0.6 is 0 Å². The second-order valence-electron chi connectivity index (χ2n) is 5.66. The summed E-state index contributed by atoms with van der Waals surface area (Å²) in [5.41, 5.74) is 5.65. The molecule has 3 unspecified atom stereocenters. The average molecular weight is 253 g/mol. The molecule has 0 spiro atoms. The van der Waals surface area contributed by atoms with Gasteiger partial charge in [0.15, 0.2) is 0 Å². The fourth-order valence-electron chi connectivity index (χ4n) is 3.25. The Balaban J connectivity index is 1.98. The molecule has 5 nitrogen and oxygen atoms in total. The smallest absolute Gasteiger partial charge is 0.225 e. The van der Waals surface area contributed by atoms with Crippen LogP contribution < -0.4 is 5.73 Å². The van der Waals surface area contributed by atoms with Gasteiger partial charge < -0.3 is 15.8 Å². The molecule has 1 aliphatic carbocycles. The highest BCUT2D eigenvalue weighted by atomic mass is 16.4. The number of nitrogens with two attached hydrogens (primary N) is 1. The van der Waals surface area contributed by atoms with E-state index < -0.39 is 0 Å². The van der Waals surface area contributed by atoms with Crippen molar-refractivity contribution in [3.05, 3.63) is 0 Å². The minimum atomic E-state index is 0.0180. The number of amides is 1. The Hall–Kier alpha value is -1.26. The van der Waals surface area contributed by atoms with E-state index in [2.05, 4.69) is 12.1 Å². The van der Waals surface area contributed by atoms with E-state index in [4.69, 9.17) is 10.9 Å². The van der Waals surface area contributed by atoms with Crippen LogP contribution in [0.1, 0.15) is 39.0 Å². The van der Waals surface area contributed by atoms with Crippen molar-refractivity contribution >= 4 is 11.7 Å². The number of amidine groups is 1. The molecule has 0 bridgehead atoms. The van der Waals surface area contributed by atoms with Crippen LogP contribution in [0.4, 0.5) is 0 Å². The van der Waals surface area contributed by atoms with Crippen molar-refractivity contribution in [1.82, 2.24) is 4.90 Å². The van der Waals surface area contributed by atoms with Crippen LogP contribution in [0.15, 0.2) is 5.16 Å². The Bertz CT molecular complexity index is 343. The molecule has 1 saturated carbocycles. The Morgan fingerprint density at radius 1 is 1.33 bits per heavy atom. The maximum atomic E-state index is 12.5. The summed E-state index contributed by atoms with van der Waals surface area (Å²) < 4.78 is 0. The Labute approximate surface area is 108 Å². The molecule has 1 aliphatic heterocycles. The lowest BCUT2D eigenvalue weighted by Crippen LogP contribution is -2.46. The monoisotopic (exact) mass is 253 g/mol. The third-order valence-electron chi connectivity index (χ3n) is 4.45. The van der Waals surface area contributed by atoms with E-state index in [1.54, 1.807) is 0 Å². The third-order valence-corrected chi connectivity index (χ3v) is 4.45. The van der Waals surface area contributed by atoms with Crippen LogP contribution in [-0.2, 0) is 4.79 Å². The van der Waals surface area contributed by atoms with Crippen LogP contribution in [0.2, 0.25) is 0 Å². The molecule has 0 aromatic rings. The van der Waals surface area contributed by atoms with Crippen molar-refractivity contribution in [3.8, 4) is 0 Å². The molecule has 0 aromatic carbocycles. The highest BCUT2D eigenvalue weighted by molar-refractivity contribution is 5.84. The van der Waals surface area contributed by atoms with Crippen molar-refractivity contribution in [3.63, 3.8) is 0 Å². The van der Waals surface area contributed by atoms with Crippen LogP contribution in [0.5, 0.6) is 0 Å². The van der Waals surface area contributed by atoms with Crippen molar-refractivity contribution in [2.24, 2.45) is 28.6 Å². The summed E-state index contributed by atoms with van der Waals surface area (Å²) in [7, 11) is 0. The predicted octanol–water partition coefficient (Wildman–Crippen LogP) is 1.41. The van der Waals surface area contributed by atoms with Crippen LogP contribution in [0.3, 0.4) is 0 Å². The van der Waals surface area contributed by atoms with Crippen molar-refractivity contribution in [2.75, 3.05) is 13.1 Å². The SMILES string of the molecule is CC1CCCC1C(=O)N1CCCC(C(N)=NO)C1. The van der Waals surface area contributed by atoms with Gasteiger partial charge in [0.2, 0.25) is 5.91 Å². The zero-order valence-electron chi connectivity index (χ0n) is 11.0. The lowest BCUT2D eigenvalue weighted by Gasteiger charge is -2.34. The summed E-state index contributed by atoms with van der Waals surface area (Å²) in [6, 6.07) is 0. The summed E-state index contributed by atoms with van der Waals surface area (Å²) in [5.74, 6) is 1.24. The fraction of sp³-hybridized carbons (Fsp3) is 0.846. The van der Waals surface area contributed by atoms with Gasteiger partial charge in [0, 0.05) is 24.9 Å². The number of carbonyl (C=O) groups excluding carboxylic acids is 1. The van der Waals surface area contributed by atoms with Gasteiger partial charge in [-0.25, -0.2) is 0 Å². The molecular weight excluding hydrogens is 230 g/mol. The lowest BCUT2D eigenvalue weighted by atomic mass is 9.92. The molecule has 2 fully saturated rings. The molecule has 3 N–H and O–H groups in total. The number of nitrogens with zero attached hydrogens (tertiary/aromatic N) is 2. The molecular formula is C13H23N3O2. The number of rotatable bonds is 2. The minimum absolute atomic E-state index is 0.0180. The van der Waals surface area contributed by atoms with E-state index in [0.29, 0.717) is 12.5 Å². The van der Waals surface area contributed by atoms with Crippen molar-refractivity contribution < 1.29 is 10.0 Å². The van der Waals surface area contributed by atoms with Gasteiger partial charge in [0.25, 0.3) is 0 Å². The second-order valence-corrected chi connectivity index (χ2v) is 5.66. The maximum absolute atomic E-state index is 12.5. The van der Waals surface area contributed by atoms with Gasteiger partial charge in [0.05, 0.1) is 0 Å². The Kier molecular flexibility index (Phi) is 4.09. The zero-order valence-corrected chi connectivity index (χ0v) is 11.0. The van der Waals surface area contributed by atoms with Gasteiger partial charge in [-0.15, -0.1) is 0 Å². The molecule has 102 valence electrons. The van der Waals surface area contributed by atoms with Gasteiger partial charge >= 0.3 is 0 Å². The Morgan fingerprint density at radius 3 is 2.72 bits per heavy atom. The molecule has 1 saturated heterocycles. The first-order valence-electron chi connectivity index (χ1n) is 6.89. The first-order valence-corrected chi connectivity index (χ1v) is 6.89. The van der Waals surface area contributed by atoms with Crippen LogP contribution in [0, 0.1) is 17.8 Å². The first-order chi connectivity index (χ1) is 8.63. The zero-order chi connectivity index (χ0) is 13.1. The number of hydrogen-bond acceptors (Lipinski definition) is 3. The van der Waals surface area contributed by atoms with E-state index in [1.165, 1.54) is 0 Å². The molecule has 5 heteroatoms. The van der Waals surface area contributed by atoms with E-state index in [0.717, 1.165) is 38.6 Å². The second kappa shape index (κ2) is 5.59. The van der Waals surface area contributed by atoms with Gasteiger partial charge in [-0.3, -0.25) is 4.79 Å². The molecule has 1 heterocycles. The average Bonchev–Trinajstić information content (AvgIpc) is 2.83. The highest BCUT2D eigenvalue weighted by Gasteiger charge is 2.35. The van der Waals surface area contributed by atoms with E-state index in [1.807, 2.05) is 4.90 Å². The van der Waals surface area contributed by atoms with E-state index >= 15 is 0 Å². The molecule has 1 amide bonds. The highest BCUT2D eigenvalue weighted by Crippen LogP contribution is 2.33. The third kappa shape index (κ3) is 2.60. The van der Waals surface area contributed by atoms with E-state index in [9.17, 15) is 4.79 Å². The fourth-order valence-corrected chi connectivity index (χ4v) is 3.25. The standard InChI is InChI=1S/C13H23N3O2/c1-9-4-2-6-11(9)13(17)16-7-3-5-10(8-16)12(14)15-18/h9-11,18H,2-8H2,1H3,(H2,14,15). The van der Waals surface area contributed by atoms with Crippen LogP contribution in [-0.4, -0.2) is 34.9 Å². The quantitative estimate of drug-likeness (QED) is 0.338. The van der Waals surface area contributed by atoms with Gasteiger partial charge in [-0.1, -0.05) is 18.5 Å². The number of piperidine rings is 1. The van der Waals surface area contributed by atoms with Crippen molar-refractivity contribution in [1.29, 1.82) is 0 Å². The topological polar surface area (TPSA) is 78.9 Å². The first kappa shape index (κ1) is 13.2. The summed E-state index contributed by atoms with van der Waals surface area (Å²) in [6.45, 7) is 3.59. The summed E-state index contributed by atoms with van der Waals surface area (Å²) >= 11 is 0. The number of oxime groups is 1. The Morgan fingerprint density at radius 2 is 2.11 bits per heavy atom. The number of hydrogen-bond donors (Lipinski definition) is 2. The largest absolute Gasteiger partial charge is 0.409 e. The molecule has 0 aromatic heterocycles. The summed E-state index contributed by atoms with van der Waals surface area (Å²) in [4.78, 5) is 14.4. The summed E-state index contributed by atoms with van der Waals surface area (Å²) in [6.07, 6.45) is 5.18. The normalized spacial score (nSPS) is 33.7. The van der Waals surface area contributed by atoms with Crippen molar-refractivity contribution in [2.45, 2.75) is 39.0 Å². The predicted molar refractivity (Wildman–Crippen MR) is 69.2 cm³/mol. The number of likely N-dealkylation sites (tertiary alicyclic amines) is 1. The van der Waals surface area contributed by atoms with E-state index in [-0.39, 0.29) is 23.6 Å². The molecule has 2 rings (SSSR count). The molecule has 18 heavy (non-hydrogen) atoms. The van der Waals surface area contributed by atoms with Gasteiger partial charge in [-0.05, 0) is 31.6 Å². The number of carbonyl (C=O) groups is 1. The molecule has 2 aliphatic rings. The van der Waals surface area contributed by atoms with Crippen LogP contribution in [0.25, 0.3) is 0 Å². The molecule has 0 radical (unpaired) electrons. The van der Waals surface area contributed by atoms with Gasteiger partial charge in [0.1, 0.15) is 5.84 Å².